The van der Waals surface area contributed by atoms with Crippen molar-refractivity contribution in [3.8, 4) is 0 Å². The third-order valence-electron chi connectivity index (χ3n) is 5.32. The van der Waals surface area contributed by atoms with Crippen molar-refractivity contribution in [1.82, 2.24) is 0 Å². The van der Waals surface area contributed by atoms with Crippen molar-refractivity contribution in [1.29, 1.82) is 0 Å². The van der Waals surface area contributed by atoms with Gasteiger partial charge in [0.2, 0.25) is 0 Å². The topological polar surface area (TPSA) is 89.3 Å². The second kappa shape index (κ2) is 14.4. The highest BCUT2D eigenvalue weighted by molar-refractivity contribution is 5.92. The van der Waals surface area contributed by atoms with E-state index in [4.69, 9.17) is 11.5 Å². The van der Waals surface area contributed by atoms with E-state index in [1.807, 2.05) is 0 Å². The monoisotopic (exact) mass is 376 g/mol. The van der Waals surface area contributed by atoms with Gasteiger partial charge in [0.05, 0.1) is 5.56 Å². The molecule has 27 heavy (non-hydrogen) atoms. The van der Waals surface area contributed by atoms with E-state index in [0.29, 0.717) is 17.8 Å². The smallest absolute Gasteiger partial charge is 0.336 e. The quantitative estimate of drug-likeness (QED) is 0.225. The Balaban J connectivity index is 2.05. The van der Waals surface area contributed by atoms with Crippen molar-refractivity contribution in [3.63, 3.8) is 0 Å². The van der Waals surface area contributed by atoms with Gasteiger partial charge < -0.3 is 16.6 Å². The number of carboxylic acids is 1. The number of hydrogen-bond acceptors (Lipinski definition) is 3. The standard InChI is InChI=1S/C23H40N2O2/c1-2-3-4-5-6-7-8-9-10-11-12-13-14-15-16-20-21(23(26)27)17-19(24)18-22(20)25/h17-18H,2-16,24-25H2,1H3,(H,26,27). The molecule has 4 heteroatoms. The van der Waals surface area contributed by atoms with Gasteiger partial charge in [-0.3, -0.25) is 0 Å². The summed E-state index contributed by atoms with van der Waals surface area (Å²) in [5.74, 6) is -0.950. The first kappa shape index (κ1) is 23.3. The molecule has 0 unspecified atom stereocenters. The van der Waals surface area contributed by atoms with Gasteiger partial charge in [-0.25, -0.2) is 4.79 Å². The van der Waals surface area contributed by atoms with E-state index in [9.17, 15) is 9.90 Å². The molecule has 0 fully saturated rings. The zero-order valence-electron chi connectivity index (χ0n) is 17.3. The highest BCUT2D eigenvalue weighted by Crippen LogP contribution is 2.24. The van der Waals surface area contributed by atoms with Gasteiger partial charge in [-0.05, 0) is 30.5 Å². The van der Waals surface area contributed by atoms with Crippen LogP contribution in [0.3, 0.4) is 0 Å². The molecule has 0 bridgehead atoms. The number of carboxylic acid groups (broad SMARTS) is 1. The van der Waals surface area contributed by atoms with Crippen LogP contribution in [0.2, 0.25) is 0 Å². The number of unbranched alkanes of at least 4 members (excludes halogenated alkanes) is 13. The summed E-state index contributed by atoms with van der Waals surface area (Å²) < 4.78 is 0. The lowest BCUT2D eigenvalue weighted by Gasteiger charge is -2.11. The molecule has 0 radical (unpaired) electrons. The number of hydrogen-bond donors (Lipinski definition) is 3. The van der Waals surface area contributed by atoms with Crippen LogP contribution >= 0.6 is 0 Å². The molecule has 0 saturated heterocycles. The van der Waals surface area contributed by atoms with Gasteiger partial charge in [-0.15, -0.1) is 0 Å². The summed E-state index contributed by atoms with van der Waals surface area (Å²) in [5, 5.41) is 9.32. The molecule has 0 atom stereocenters. The van der Waals surface area contributed by atoms with Crippen LogP contribution in [0, 0.1) is 0 Å². The van der Waals surface area contributed by atoms with E-state index in [1.54, 1.807) is 6.07 Å². The van der Waals surface area contributed by atoms with Crippen molar-refractivity contribution in [2.24, 2.45) is 0 Å². The van der Waals surface area contributed by atoms with Crippen molar-refractivity contribution in [2.45, 2.75) is 103 Å². The lowest BCUT2D eigenvalue weighted by atomic mass is 9.98. The molecule has 0 spiro atoms. The van der Waals surface area contributed by atoms with E-state index >= 15 is 0 Å². The van der Waals surface area contributed by atoms with E-state index in [1.165, 1.54) is 83.1 Å². The maximum absolute atomic E-state index is 11.4. The average molecular weight is 377 g/mol. The van der Waals surface area contributed by atoms with Crippen LogP contribution < -0.4 is 11.5 Å². The third kappa shape index (κ3) is 10.3. The number of nitrogens with two attached hydrogens (primary N) is 2. The minimum Gasteiger partial charge on any atom is -0.478 e. The number of rotatable bonds is 16. The van der Waals surface area contributed by atoms with Crippen molar-refractivity contribution in [2.75, 3.05) is 11.5 Å². The summed E-state index contributed by atoms with van der Waals surface area (Å²) in [4.78, 5) is 11.4. The minimum absolute atomic E-state index is 0.252. The zero-order chi connectivity index (χ0) is 19.9. The van der Waals surface area contributed by atoms with Crippen LogP contribution in [0.5, 0.6) is 0 Å². The molecule has 0 aromatic heterocycles. The number of carbonyl (C=O) groups is 1. The van der Waals surface area contributed by atoms with Crippen molar-refractivity contribution >= 4 is 17.3 Å². The van der Waals surface area contributed by atoms with Crippen molar-refractivity contribution < 1.29 is 9.90 Å². The first-order valence-electron chi connectivity index (χ1n) is 11.0. The molecule has 0 aliphatic heterocycles. The van der Waals surface area contributed by atoms with Crippen LogP contribution in [0.25, 0.3) is 0 Å². The SMILES string of the molecule is CCCCCCCCCCCCCCCCc1c(N)cc(N)cc1C(=O)O. The first-order valence-corrected chi connectivity index (χ1v) is 11.0. The van der Waals surface area contributed by atoms with Crippen LogP contribution in [-0.2, 0) is 6.42 Å². The van der Waals surface area contributed by atoms with Crippen LogP contribution in [0.4, 0.5) is 11.4 Å². The summed E-state index contributed by atoms with van der Waals surface area (Å²) in [6.45, 7) is 2.26. The van der Waals surface area contributed by atoms with Gasteiger partial charge >= 0.3 is 5.97 Å². The van der Waals surface area contributed by atoms with E-state index in [2.05, 4.69) is 6.92 Å². The Morgan fingerprint density at radius 3 is 1.67 bits per heavy atom. The second-order valence-electron chi connectivity index (χ2n) is 7.79. The van der Waals surface area contributed by atoms with E-state index in [-0.39, 0.29) is 5.56 Å². The first-order chi connectivity index (χ1) is 13.1. The number of benzene rings is 1. The minimum atomic E-state index is -0.950. The summed E-state index contributed by atoms with van der Waals surface area (Å²) in [7, 11) is 0. The molecule has 1 aromatic rings. The fraction of sp³-hybridized carbons (Fsp3) is 0.696. The Morgan fingerprint density at radius 2 is 1.22 bits per heavy atom. The Labute approximate surface area is 165 Å². The van der Waals surface area contributed by atoms with E-state index in [0.717, 1.165) is 18.4 Å². The highest BCUT2D eigenvalue weighted by Gasteiger charge is 2.13. The Kier molecular flexibility index (Phi) is 12.4. The second-order valence-corrected chi connectivity index (χ2v) is 7.79. The van der Waals surface area contributed by atoms with Gasteiger partial charge in [0.25, 0.3) is 0 Å². The molecule has 4 nitrogen and oxygen atoms in total. The van der Waals surface area contributed by atoms with E-state index < -0.39 is 5.97 Å². The Hall–Kier alpha value is -1.71. The molecule has 0 saturated carbocycles. The average Bonchev–Trinajstić information content (AvgIpc) is 2.62. The normalized spacial score (nSPS) is 11.0. The molecule has 1 rings (SSSR count). The summed E-state index contributed by atoms with van der Waals surface area (Å²) >= 11 is 0. The van der Waals surface area contributed by atoms with Gasteiger partial charge in [0, 0.05) is 11.4 Å². The largest absolute Gasteiger partial charge is 0.478 e. The summed E-state index contributed by atoms with van der Waals surface area (Å²) in [5.41, 5.74) is 13.6. The zero-order valence-corrected chi connectivity index (χ0v) is 17.3. The predicted octanol–water partition coefficient (Wildman–Crippen LogP) is 6.57. The number of nitrogen functional groups attached to an aromatic ring is 2. The molecule has 5 N–H and O–H groups in total. The molecule has 0 heterocycles. The van der Waals surface area contributed by atoms with Crippen LogP contribution in [0.15, 0.2) is 12.1 Å². The third-order valence-corrected chi connectivity index (χ3v) is 5.32. The molecule has 0 aliphatic rings. The maximum Gasteiger partial charge on any atom is 0.336 e. The number of aromatic carboxylic acids is 1. The summed E-state index contributed by atoms with van der Waals surface area (Å²) in [6, 6.07) is 3.17. The molecular weight excluding hydrogens is 336 g/mol. The summed E-state index contributed by atoms with van der Waals surface area (Å²) in [6.07, 6.45) is 19.1. The molecular formula is C23H40N2O2. The Bertz CT molecular complexity index is 543. The molecule has 0 aliphatic carbocycles. The van der Waals surface area contributed by atoms with Gasteiger partial charge in [0.15, 0.2) is 0 Å². The lowest BCUT2D eigenvalue weighted by molar-refractivity contribution is 0.0695. The fourth-order valence-corrected chi connectivity index (χ4v) is 3.68. The van der Waals surface area contributed by atoms with Crippen LogP contribution in [-0.4, -0.2) is 11.1 Å². The van der Waals surface area contributed by atoms with Gasteiger partial charge in [-0.2, -0.15) is 0 Å². The van der Waals surface area contributed by atoms with Gasteiger partial charge in [0.1, 0.15) is 0 Å². The molecule has 1 aromatic carbocycles. The number of anilines is 2. The highest BCUT2D eigenvalue weighted by atomic mass is 16.4. The molecule has 154 valence electrons. The predicted molar refractivity (Wildman–Crippen MR) is 116 cm³/mol. The van der Waals surface area contributed by atoms with Crippen molar-refractivity contribution in [3.05, 3.63) is 23.3 Å². The maximum atomic E-state index is 11.4. The molecule has 0 amide bonds. The fourth-order valence-electron chi connectivity index (χ4n) is 3.68. The lowest BCUT2D eigenvalue weighted by Crippen LogP contribution is -2.07. The van der Waals surface area contributed by atoms with Crippen LogP contribution in [0.1, 0.15) is 113 Å². The van der Waals surface area contributed by atoms with Gasteiger partial charge in [-0.1, -0.05) is 90.4 Å². The Morgan fingerprint density at radius 1 is 0.778 bits per heavy atom.